The molecule has 1 fully saturated rings. The number of halogens is 4. The van der Waals surface area contributed by atoms with Crippen LogP contribution in [0.3, 0.4) is 0 Å². The quantitative estimate of drug-likeness (QED) is 0.544. The van der Waals surface area contributed by atoms with Crippen LogP contribution in [0.1, 0.15) is 39.0 Å². The summed E-state index contributed by atoms with van der Waals surface area (Å²) >= 11 is 0. The van der Waals surface area contributed by atoms with Crippen LogP contribution in [0.2, 0.25) is 0 Å². The lowest BCUT2D eigenvalue weighted by molar-refractivity contribution is -0.138. The highest BCUT2D eigenvalue weighted by atomic mass is 19.4. The molecule has 1 amide bonds. The molecular weight excluding hydrogens is 442 g/mol. The van der Waals surface area contributed by atoms with Crippen molar-refractivity contribution in [3.05, 3.63) is 64.4 Å². The van der Waals surface area contributed by atoms with Crippen molar-refractivity contribution in [2.75, 3.05) is 13.2 Å². The molecule has 5 rings (SSSR count). The van der Waals surface area contributed by atoms with Crippen LogP contribution in [0.15, 0.2) is 30.3 Å². The van der Waals surface area contributed by atoms with Gasteiger partial charge in [-0.25, -0.2) is 9.37 Å². The van der Waals surface area contributed by atoms with Gasteiger partial charge in [-0.05, 0) is 43.7 Å². The minimum Gasteiger partial charge on any atom is -0.377 e. The fourth-order valence-electron chi connectivity index (χ4n) is 4.50. The summed E-state index contributed by atoms with van der Waals surface area (Å²) in [6.45, 7) is 3.47. The molecule has 0 radical (unpaired) electrons. The molecule has 2 bridgehead atoms. The van der Waals surface area contributed by atoms with E-state index in [1.807, 2.05) is 4.57 Å². The van der Waals surface area contributed by atoms with Gasteiger partial charge in [-0.15, -0.1) is 10.2 Å². The van der Waals surface area contributed by atoms with Crippen LogP contribution in [0.5, 0.6) is 0 Å². The average molecular weight is 461 g/mol. The zero-order chi connectivity index (χ0) is 23.5. The van der Waals surface area contributed by atoms with Crippen molar-refractivity contribution in [2.24, 2.45) is 0 Å². The Morgan fingerprint density at radius 3 is 2.64 bits per heavy atom. The Kier molecular flexibility index (Phi) is 4.96. The first-order valence-electron chi connectivity index (χ1n) is 10.3. The van der Waals surface area contributed by atoms with Crippen LogP contribution >= 0.6 is 0 Å². The van der Waals surface area contributed by atoms with Crippen molar-refractivity contribution in [1.29, 1.82) is 0 Å². The van der Waals surface area contributed by atoms with Gasteiger partial charge < -0.3 is 14.2 Å². The maximum Gasteiger partial charge on any atom is 0.416 e. The smallest absolute Gasteiger partial charge is 0.377 e. The van der Waals surface area contributed by atoms with Gasteiger partial charge in [0.15, 0.2) is 11.6 Å². The molecule has 33 heavy (non-hydrogen) atoms. The molecule has 1 aromatic carbocycles. The van der Waals surface area contributed by atoms with Crippen LogP contribution in [-0.2, 0) is 17.5 Å². The molecule has 0 unspecified atom stereocenters. The van der Waals surface area contributed by atoms with E-state index in [2.05, 4.69) is 15.2 Å². The van der Waals surface area contributed by atoms with Gasteiger partial charge in [-0.3, -0.25) is 4.79 Å². The Morgan fingerprint density at radius 2 is 1.91 bits per heavy atom. The maximum absolute atomic E-state index is 13.7. The third-order valence-corrected chi connectivity index (χ3v) is 6.14. The van der Waals surface area contributed by atoms with Crippen LogP contribution < -0.4 is 0 Å². The maximum atomic E-state index is 13.7. The molecule has 0 spiro atoms. The normalized spacial score (nSPS) is 20.0. The van der Waals surface area contributed by atoms with E-state index < -0.39 is 35.5 Å². The molecule has 1 saturated heterocycles. The molecule has 2 aliphatic rings. The van der Waals surface area contributed by atoms with Gasteiger partial charge in [0.2, 0.25) is 0 Å². The Bertz CT molecular complexity index is 1260. The zero-order valence-electron chi connectivity index (χ0n) is 17.7. The number of alkyl halides is 3. The highest BCUT2D eigenvalue weighted by Gasteiger charge is 2.45. The van der Waals surface area contributed by atoms with E-state index in [-0.39, 0.29) is 36.6 Å². The van der Waals surface area contributed by atoms with Gasteiger partial charge in [-0.2, -0.15) is 13.2 Å². The second kappa shape index (κ2) is 7.62. The van der Waals surface area contributed by atoms with Crippen molar-refractivity contribution >= 4 is 5.91 Å². The van der Waals surface area contributed by atoms with E-state index in [9.17, 15) is 22.4 Å². The Hall–Kier alpha value is -3.34. The topological polar surface area (TPSA) is 73.1 Å². The third-order valence-electron chi connectivity index (χ3n) is 6.14. The third kappa shape index (κ3) is 3.47. The number of hydrogen-bond donors (Lipinski definition) is 0. The number of rotatable bonds is 2. The van der Waals surface area contributed by atoms with Gasteiger partial charge in [0.05, 0.1) is 30.5 Å². The average Bonchev–Trinajstić information content (AvgIpc) is 3.17. The fraction of sp³-hybridized carbons (Fsp3) is 0.364. The van der Waals surface area contributed by atoms with Gasteiger partial charge in [0, 0.05) is 12.1 Å². The lowest BCUT2D eigenvalue weighted by Gasteiger charge is -2.45. The van der Waals surface area contributed by atoms with Crippen molar-refractivity contribution in [3.8, 4) is 11.5 Å². The number of amides is 1. The first-order chi connectivity index (χ1) is 15.7. The van der Waals surface area contributed by atoms with Crippen LogP contribution in [0.25, 0.3) is 11.5 Å². The number of carbonyl (C=O) groups is 1. The molecular formula is C22H19F4N5O2. The highest BCUT2D eigenvalue weighted by molar-refractivity contribution is 5.96. The van der Waals surface area contributed by atoms with Gasteiger partial charge in [-0.1, -0.05) is 6.07 Å². The summed E-state index contributed by atoms with van der Waals surface area (Å²) in [6.07, 6.45) is -4.56. The summed E-state index contributed by atoms with van der Waals surface area (Å²) in [5, 5.41) is 8.45. The van der Waals surface area contributed by atoms with Gasteiger partial charge in [0.1, 0.15) is 17.6 Å². The number of benzene rings is 1. The predicted molar refractivity (Wildman–Crippen MR) is 108 cm³/mol. The van der Waals surface area contributed by atoms with Crippen LogP contribution in [0.4, 0.5) is 17.6 Å². The summed E-state index contributed by atoms with van der Waals surface area (Å²) in [5.41, 5.74) is -0.297. The lowest BCUT2D eigenvalue weighted by Crippen LogP contribution is -2.56. The number of hydrogen-bond acceptors (Lipinski definition) is 5. The van der Waals surface area contributed by atoms with Crippen molar-refractivity contribution < 1.29 is 27.1 Å². The number of aromatic nitrogens is 4. The lowest BCUT2D eigenvalue weighted by atomic mass is 9.97. The summed E-state index contributed by atoms with van der Waals surface area (Å²) in [4.78, 5) is 19.3. The molecule has 0 aliphatic carbocycles. The number of fused-ring (bicyclic) bond motifs is 4. The van der Waals surface area contributed by atoms with E-state index >= 15 is 0 Å². The number of aryl methyl sites for hydroxylation is 1. The van der Waals surface area contributed by atoms with E-state index in [0.29, 0.717) is 17.3 Å². The van der Waals surface area contributed by atoms with Gasteiger partial charge >= 0.3 is 6.18 Å². The SMILES string of the molecule is Cc1nc(-c2nnc3n2C[C@@H]2COC[C@H]3N2C(=O)c2cccc(C(F)(F)F)c2C)ccc1F. The van der Waals surface area contributed by atoms with E-state index in [1.165, 1.54) is 31.2 Å². The number of nitrogens with zero attached hydrogens (tertiary/aromatic N) is 5. The monoisotopic (exact) mass is 461 g/mol. The summed E-state index contributed by atoms with van der Waals surface area (Å²) in [7, 11) is 0. The van der Waals surface area contributed by atoms with Crippen molar-refractivity contribution in [1.82, 2.24) is 24.6 Å². The summed E-state index contributed by atoms with van der Waals surface area (Å²) in [6, 6.07) is 5.36. The molecule has 4 heterocycles. The van der Waals surface area contributed by atoms with Gasteiger partial charge in [0.25, 0.3) is 5.91 Å². The molecule has 7 nitrogen and oxygen atoms in total. The molecule has 2 atom stereocenters. The summed E-state index contributed by atoms with van der Waals surface area (Å²) < 4.78 is 61.3. The molecule has 11 heteroatoms. The van der Waals surface area contributed by atoms with Crippen molar-refractivity contribution in [2.45, 2.75) is 38.7 Å². The number of carbonyl (C=O) groups excluding carboxylic acids is 1. The van der Waals surface area contributed by atoms with E-state index in [1.54, 1.807) is 11.8 Å². The molecule has 0 N–H and O–H groups in total. The first-order valence-corrected chi connectivity index (χ1v) is 10.3. The molecule has 2 aliphatic heterocycles. The standard InChI is InChI=1S/C22H19F4N5O2/c1-11-14(4-3-5-15(11)22(24,25)26)21(32)31-13-8-30-19(17-7-6-16(23)12(2)27-17)28-29-20(30)18(31)10-33-9-13/h3-7,13,18H,8-10H2,1-2H3/t13-,18-/m1/s1. The zero-order valence-corrected chi connectivity index (χ0v) is 17.7. The largest absolute Gasteiger partial charge is 0.416 e. The molecule has 172 valence electrons. The second-order valence-electron chi connectivity index (χ2n) is 8.15. The van der Waals surface area contributed by atoms with Crippen LogP contribution in [-0.4, -0.2) is 49.8 Å². The minimum atomic E-state index is -4.56. The number of ether oxygens (including phenoxy) is 1. The van der Waals surface area contributed by atoms with Crippen LogP contribution in [0, 0.1) is 19.7 Å². The molecule has 0 saturated carbocycles. The number of morpholine rings is 1. The Morgan fingerprint density at radius 1 is 1.12 bits per heavy atom. The fourth-order valence-corrected chi connectivity index (χ4v) is 4.50. The second-order valence-corrected chi connectivity index (χ2v) is 8.15. The molecule has 2 aromatic heterocycles. The minimum absolute atomic E-state index is 0.00857. The first kappa shape index (κ1) is 21.5. The Labute approximate surface area is 186 Å². The molecule has 3 aromatic rings. The predicted octanol–water partition coefficient (Wildman–Crippen LogP) is 3.71. The van der Waals surface area contributed by atoms with Crippen molar-refractivity contribution in [3.63, 3.8) is 0 Å². The Balaban J connectivity index is 1.54. The number of pyridine rings is 1. The van der Waals surface area contributed by atoms with E-state index in [0.717, 1.165) is 6.07 Å². The summed E-state index contributed by atoms with van der Waals surface area (Å²) in [5.74, 6) is -0.0610. The van der Waals surface area contributed by atoms with E-state index in [4.69, 9.17) is 4.74 Å². The highest BCUT2D eigenvalue weighted by Crippen LogP contribution is 2.38.